The number of para-hydroxylation sites is 1. The van der Waals surface area contributed by atoms with E-state index in [2.05, 4.69) is 15.2 Å². The topological polar surface area (TPSA) is 82.0 Å². The highest BCUT2D eigenvalue weighted by Crippen LogP contribution is 2.35. The molecule has 0 saturated carbocycles. The first kappa shape index (κ1) is 14.7. The summed E-state index contributed by atoms with van der Waals surface area (Å²) in [6.45, 7) is 0.565. The van der Waals surface area contributed by atoms with Crippen LogP contribution in [-0.2, 0) is 6.54 Å². The number of H-pyrrole nitrogens is 1. The molecule has 3 heterocycles. The summed E-state index contributed by atoms with van der Waals surface area (Å²) in [5.74, 6) is 1.39. The van der Waals surface area contributed by atoms with Gasteiger partial charge in [0.25, 0.3) is 5.56 Å². The summed E-state index contributed by atoms with van der Waals surface area (Å²) in [7, 11) is 0. The summed E-state index contributed by atoms with van der Waals surface area (Å²) in [4.78, 5) is 17.4. The smallest absolute Gasteiger partial charge is 0.261 e. The molecule has 2 aromatic heterocycles. The standard InChI is InChI=1S/C19H14N4O3/c24-19-15-6-12(14-7-21-22-8-14)4-5-16(15)20-10-23(19)9-13-2-1-3-17-18(13)26-11-25-17/h1-8,10H,9,11H2,(H,21,22). The zero-order valence-electron chi connectivity index (χ0n) is 13.7. The number of benzene rings is 2. The van der Waals surface area contributed by atoms with Crippen LogP contribution in [0.1, 0.15) is 5.56 Å². The van der Waals surface area contributed by atoms with Crippen molar-refractivity contribution < 1.29 is 9.47 Å². The van der Waals surface area contributed by atoms with Crippen molar-refractivity contribution in [2.75, 3.05) is 6.79 Å². The van der Waals surface area contributed by atoms with E-state index >= 15 is 0 Å². The van der Waals surface area contributed by atoms with Gasteiger partial charge in [0.2, 0.25) is 6.79 Å². The third-order valence-corrected chi connectivity index (χ3v) is 4.47. The molecule has 0 fully saturated rings. The number of aromatic amines is 1. The lowest BCUT2D eigenvalue weighted by Gasteiger charge is -2.09. The summed E-state index contributed by atoms with van der Waals surface area (Å²) in [5.41, 5.74) is 3.29. The molecular formula is C19H14N4O3. The van der Waals surface area contributed by atoms with Crippen molar-refractivity contribution in [3.8, 4) is 22.6 Å². The summed E-state index contributed by atoms with van der Waals surface area (Å²) in [6, 6.07) is 11.3. The van der Waals surface area contributed by atoms with Crippen LogP contribution in [0.5, 0.6) is 11.5 Å². The van der Waals surface area contributed by atoms with E-state index in [9.17, 15) is 4.79 Å². The molecule has 7 nitrogen and oxygen atoms in total. The second-order valence-electron chi connectivity index (χ2n) is 6.05. The second kappa shape index (κ2) is 5.73. The second-order valence-corrected chi connectivity index (χ2v) is 6.05. The van der Waals surface area contributed by atoms with E-state index < -0.39 is 0 Å². The Morgan fingerprint density at radius 3 is 3.00 bits per heavy atom. The van der Waals surface area contributed by atoms with Gasteiger partial charge in [0.05, 0.1) is 30.0 Å². The maximum atomic E-state index is 13.0. The maximum absolute atomic E-state index is 13.0. The molecule has 1 N–H and O–H groups in total. The van der Waals surface area contributed by atoms with Crippen molar-refractivity contribution in [3.05, 3.63) is 71.0 Å². The average Bonchev–Trinajstić information content (AvgIpc) is 3.36. The van der Waals surface area contributed by atoms with Crippen molar-refractivity contribution in [1.29, 1.82) is 0 Å². The van der Waals surface area contributed by atoms with Crippen LogP contribution in [0, 0.1) is 0 Å². The van der Waals surface area contributed by atoms with Crippen LogP contribution in [0.4, 0.5) is 0 Å². The number of fused-ring (bicyclic) bond motifs is 2. The van der Waals surface area contributed by atoms with Gasteiger partial charge in [-0.1, -0.05) is 18.2 Å². The Morgan fingerprint density at radius 1 is 1.15 bits per heavy atom. The van der Waals surface area contributed by atoms with E-state index in [1.165, 1.54) is 0 Å². The highest BCUT2D eigenvalue weighted by atomic mass is 16.7. The molecule has 0 unspecified atom stereocenters. The van der Waals surface area contributed by atoms with Gasteiger partial charge in [0.15, 0.2) is 11.5 Å². The number of ether oxygens (including phenoxy) is 2. The molecule has 4 aromatic rings. The van der Waals surface area contributed by atoms with Gasteiger partial charge in [0, 0.05) is 17.3 Å². The molecular weight excluding hydrogens is 332 g/mol. The maximum Gasteiger partial charge on any atom is 0.261 e. The molecule has 128 valence electrons. The first-order chi connectivity index (χ1) is 12.8. The van der Waals surface area contributed by atoms with E-state index in [0.717, 1.165) is 16.7 Å². The Morgan fingerprint density at radius 2 is 2.12 bits per heavy atom. The van der Waals surface area contributed by atoms with Crippen molar-refractivity contribution in [2.45, 2.75) is 6.54 Å². The number of hydrogen-bond donors (Lipinski definition) is 1. The minimum Gasteiger partial charge on any atom is -0.454 e. The van der Waals surface area contributed by atoms with Crippen LogP contribution in [-0.4, -0.2) is 26.5 Å². The predicted octanol–water partition coefficient (Wildman–Crippen LogP) is 2.56. The molecule has 0 atom stereocenters. The first-order valence-corrected chi connectivity index (χ1v) is 8.15. The molecule has 0 radical (unpaired) electrons. The van der Waals surface area contributed by atoms with Crippen LogP contribution < -0.4 is 15.0 Å². The lowest BCUT2D eigenvalue weighted by molar-refractivity contribution is 0.173. The zero-order chi connectivity index (χ0) is 17.5. The van der Waals surface area contributed by atoms with Crippen molar-refractivity contribution in [2.24, 2.45) is 0 Å². The monoisotopic (exact) mass is 346 g/mol. The summed E-state index contributed by atoms with van der Waals surface area (Å²) >= 11 is 0. The van der Waals surface area contributed by atoms with Crippen LogP contribution in [0.15, 0.2) is 59.9 Å². The predicted molar refractivity (Wildman–Crippen MR) is 95.3 cm³/mol. The Balaban J connectivity index is 1.60. The van der Waals surface area contributed by atoms with Gasteiger partial charge in [-0.2, -0.15) is 5.10 Å². The van der Waals surface area contributed by atoms with Crippen LogP contribution in [0.3, 0.4) is 0 Å². The molecule has 26 heavy (non-hydrogen) atoms. The molecule has 7 heteroatoms. The third kappa shape index (κ3) is 2.33. The van der Waals surface area contributed by atoms with Gasteiger partial charge in [0.1, 0.15) is 0 Å². The molecule has 0 aliphatic carbocycles. The fraction of sp³-hybridized carbons (Fsp3) is 0.105. The molecule has 0 saturated heterocycles. The van der Waals surface area contributed by atoms with Gasteiger partial charge >= 0.3 is 0 Å². The SMILES string of the molecule is O=c1c2cc(-c3cn[nH]c3)ccc2ncn1Cc1cccc2c1OCO2. The summed E-state index contributed by atoms with van der Waals surface area (Å²) in [5, 5.41) is 7.31. The molecule has 2 aromatic carbocycles. The molecule has 1 aliphatic rings. The third-order valence-electron chi connectivity index (χ3n) is 4.47. The lowest BCUT2D eigenvalue weighted by atomic mass is 10.1. The van der Waals surface area contributed by atoms with E-state index in [-0.39, 0.29) is 12.4 Å². The lowest BCUT2D eigenvalue weighted by Crippen LogP contribution is -2.21. The fourth-order valence-corrected chi connectivity index (χ4v) is 3.16. The molecule has 1 aliphatic heterocycles. The van der Waals surface area contributed by atoms with Crippen LogP contribution in [0.2, 0.25) is 0 Å². The minimum absolute atomic E-state index is 0.100. The van der Waals surface area contributed by atoms with Gasteiger partial charge in [-0.05, 0) is 23.8 Å². The van der Waals surface area contributed by atoms with E-state index in [1.54, 1.807) is 23.3 Å². The van der Waals surface area contributed by atoms with Crippen molar-refractivity contribution in [1.82, 2.24) is 19.7 Å². The number of nitrogens with one attached hydrogen (secondary N) is 1. The summed E-state index contributed by atoms with van der Waals surface area (Å²) in [6.07, 6.45) is 5.08. The number of rotatable bonds is 3. The molecule has 0 amide bonds. The highest BCUT2D eigenvalue weighted by molar-refractivity contribution is 5.83. The quantitative estimate of drug-likeness (QED) is 0.616. The number of hydrogen-bond acceptors (Lipinski definition) is 5. The first-order valence-electron chi connectivity index (χ1n) is 8.15. The van der Waals surface area contributed by atoms with Gasteiger partial charge in [-0.25, -0.2) is 4.98 Å². The van der Waals surface area contributed by atoms with Crippen LogP contribution >= 0.6 is 0 Å². The van der Waals surface area contributed by atoms with Gasteiger partial charge in [-0.3, -0.25) is 14.5 Å². The molecule has 5 rings (SSSR count). The molecule has 0 bridgehead atoms. The van der Waals surface area contributed by atoms with E-state index in [4.69, 9.17) is 9.47 Å². The van der Waals surface area contributed by atoms with Gasteiger partial charge < -0.3 is 9.47 Å². The Bertz CT molecular complexity index is 1170. The fourth-order valence-electron chi connectivity index (χ4n) is 3.16. The highest BCUT2D eigenvalue weighted by Gasteiger charge is 2.18. The summed E-state index contributed by atoms with van der Waals surface area (Å²) < 4.78 is 12.5. The van der Waals surface area contributed by atoms with Crippen LogP contribution in [0.25, 0.3) is 22.0 Å². The van der Waals surface area contributed by atoms with E-state index in [1.807, 2.05) is 36.4 Å². The number of nitrogens with zero attached hydrogens (tertiary/aromatic N) is 3. The number of aromatic nitrogens is 4. The largest absolute Gasteiger partial charge is 0.454 e. The van der Waals surface area contributed by atoms with Crippen molar-refractivity contribution in [3.63, 3.8) is 0 Å². The van der Waals surface area contributed by atoms with E-state index in [0.29, 0.717) is 28.9 Å². The zero-order valence-corrected chi connectivity index (χ0v) is 13.7. The minimum atomic E-state index is -0.100. The Hall–Kier alpha value is -3.61. The Kier molecular flexibility index (Phi) is 3.24. The van der Waals surface area contributed by atoms with Gasteiger partial charge in [-0.15, -0.1) is 0 Å². The molecule has 0 spiro atoms. The Labute approximate surface area is 147 Å². The normalized spacial score (nSPS) is 12.6. The average molecular weight is 346 g/mol. The van der Waals surface area contributed by atoms with Crippen molar-refractivity contribution >= 4 is 10.9 Å².